The highest BCUT2D eigenvalue weighted by atomic mass is 16.6. The standard InChI is InChI=1S/C16H20N2O5/c1-10(2)16(15(20)21)6-7-17(9-16)14(19)12-8-11(3)4-5-13(12)18(22)23/h4-5,8,10H,6-7,9H2,1-3H3,(H,20,21). The van der Waals surface area contributed by atoms with Gasteiger partial charge in [-0.15, -0.1) is 0 Å². The SMILES string of the molecule is Cc1ccc([N+](=O)[O-])c(C(=O)N2CCC(C(=O)O)(C(C)C)C2)c1. The van der Waals surface area contributed by atoms with E-state index in [1.807, 2.05) is 13.8 Å². The Kier molecular flexibility index (Phi) is 4.40. The molecule has 1 aromatic rings. The molecule has 7 heteroatoms. The summed E-state index contributed by atoms with van der Waals surface area (Å²) in [5.74, 6) is -1.55. The van der Waals surface area contributed by atoms with E-state index in [1.165, 1.54) is 17.0 Å². The number of benzene rings is 1. The Morgan fingerprint density at radius 1 is 1.39 bits per heavy atom. The summed E-state index contributed by atoms with van der Waals surface area (Å²) < 4.78 is 0. The fourth-order valence-corrected chi connectivity index (χ4v) is 3.05. The van der Waals surface area contributed by atoms with Gasteiger partial charge in [-0.3, -0.25) is 19.7 Å². The van der Waals surface area contributed by atoms with Crippen LogP contribution in [0.1, 0.15) is 36.2 Å². The lowest BCUT2D eigenvalue weighted by molar-refractivity contribution is -0.385. The molecule has 1 aliphatic heterocycles. The summed E-state index contributed by atoms with van der Waals surface area (Å²) in [5, 5.41) is 20.7. The van der Waals surface area contributed by atoms with Gasteiger partial charge in [-0.1, -0.05) is 19.9 Å². The molecule has 1 fully saturated rings. The van der Waals surface area contributed by atoms with Crippen LogP contribution in [0.4, 0.5) is 5.69 Å². The molecule has 0 saturated carbocycles. The first kappa shape index (κ1) is 16.9. The van der Waals surface area contributed by atoms with E-state index in [0.717, 1.165) is 5.56 Å². The van der Waals surface area contributed by atoms with Crippen LogP contribution in [0.2, 0.25) is 0 Å². The second kappa shape index (κ2) is 5.98. The Labute approximate surface area is 134 Å². The Morgan fingerprint density at radius 2 is 2.04 bits per heavy atom. The van der Waals surface area contributed by atoms with Crippen molar-refractivity contribution in [3.8, 4) is 0 Å². The van der Waals surface area contributed by atoms with E-state index in [9.17, 15) is 24.8 Å². The predicted octanol–water partition coefficient (Wildman–Crippen LogP) is 2.48. The van der Waals surface area contributed by atoms with Crippen LogP contribution in [0, 0.1) is 28.4 Å². The molecular formula is C16H20N2O5. The number of rotatable bonds is 4. The fraction of sp³-hybridized carbons (Fsp3) is 0.500. The maximum absolute atomic E-state index is 12.7. The number of hydrogen-bond acceptors (Lipinski definition) is 4. The number of nitro groups is 1. The molecule has 2 rings (SSSR count). The van der Waals surface area contributed by atoms with Gasteiger partial charge in [0.05, 0.1) is 10.3 Å². The van der Waals surface area contributed by atoms with Crippen molar-refractivity contribution >= 4 is 17.6 Å². The van der Waals surface area contributed by atoms with Crippen LogP contribution in [0.5, 0.6) is 0 Å². The predicted molar refractivity (Wildman–Crippen MR) is 83.3 cm³/mol. The van der Waals surface area contributed by atoms with Gasteiger partial charge >= 0.3 is 5.97 Å². The quantitative estimate of drug-likeness (QED) is 0.678. The molecule has 1 atom stereocenters. The van der Waals surface area contributed by atoms with Crippen LogP contribution >= 0.6 is 0 Å². The van der Waals surface area contributed by atoms with E-state index in [2.05, 4.69) is 0 Å². The topological polar surface area (TPSA) is 101 Å². The Bertz CT molecular complexity index is 670. The number of carboxylic acid groups (broad SMARTS) is 1. The van der Waals surface area contributed by atoms with Crippen molar-refractivity contribution in [1.29, 1.82) is 0 Å². The molecule has 1 unspecified atom stereocenters. The van der Waals surface area contributed by atoms with E-state index < -0.39 is 22.2 Å². The van der Waals surface area contributed by atoms with Gasteiger partial charge in [0.15, 0.2) is 0 Å². The van der Waals surface area contributed by atoms with Gasteiger partial charge in [0.25, 0.3) is 11.6 Å². The van der Waals surface area contributed by atoms with Crippen molar-refractivity contribution in [3.05, 3.63) is 39.4 Å². The van der Waals surface area contributed by atoms with Crippen molar-refractivity contribution in [1.82, 2.24) is 4.90 Å². The number of nitro benzene ring substituents is 1. The molecule has 23 heavy (non-hydrogen) atoms. The van der Waals surface area contributed by atoms with E-state index >= 15 is 0 Å². The molecule has 1 aliphatic rings. The largest absolute Gasteiger partial charge is 0.481 e. The molecule has 1 amide bonds. The number of carboxylic acids is 1. The number of aliphatic carboxylic acids is 1. The lowest BCUT2D eigenvalue weighted by Crippen LogP contribution is -2.40. The van der Waals surface area contributed by atoms with Gasteiger partial charge in [-0.25, -0.2) is 0 Å². The third kappa shape index (κ3) is 2.91. The minimum atomic E-state index is -0.992. The van der Waals surface area contributed by atoms with Crippen molar-refractivity contribution in [3.63, 3.8) is 0 Å². The number of likely N-dealkylation sites (tertiary alicyclic amines) is 1. The summed E-state index contributed by atoms with van der Waals surface area (Å²) in [6, 6.07) is 4.37. The molecule has 0 spiro atoms. The number of hydrogen-bond donors (Lipinski definition) is 1. The third-order valence-corrected chi connectivity index (χ3v) is 4.70. The highest BCUT2D eigenvalue weighted by Crippen LogP contribution is 2.39. The smallest absolute Gasteiger partial charge is 0.311 e. The van der Waals surface area contributed by atoms with Crippen LogP contribution in [0.3, 0.4) is 0 Å². The normalized spacial score (nSPS) is 20.8. The van der Waals surface area contributed by atoms with Gasteiger partial charge in [0.2, 0.25) is 0 Å². The van der Waals surface area contributed by atoms with Gasteiger partial charge in [0, 0.05) is 19.2 Å². The fourth-order valence-electron chi connectivity index (χ4n) is 3.05. The Morgan fingerprint density at radius 3 is 2.52 bits per heavy atom. The molecule has 1 aromatic carbocycles. The first-order valence-corrected chi connectivity index (χ1v) is 7.47. The molecule has 0 aromatic heterocycles. The number of aryl methyl sites for hydroxylation is 1. The van der Waals surface area contributed by atoms with Crippen molar-refractivity contribution < 1.29 is 19.6 Å². The van der Waals surface area contributed by atoms with Crippen LogP contribution in [-0.2, 0) is 4.79 Å². The monoisotopic (exact) mass is 320 g/mol. The zero-order chi connectivity index (χ0) is 17.4. The van der Waals surface area contributed by atoms with Crippen LogP contribution in [0.15, 0.2) is 18.2 Å². The molecule has 0 bridgehead atoms. The van der Waals surface area contributed by atoms with Crippen LogP contribution < -0.4 is 0 Å². The number of amides is 1. The second-order valence-corrected chi connectivity index (χ2v) is 6.37. The van der Waals surface area contributed by atoms with Gasteiger partial charge in [-0.2, -0.15) is 0 Å². The maximum atomic E-state index is 12.7. The molecule has 1 saturated heterocycles. The maximum Gasteiger partial charge on any atom is 0.311 e. The van der Waals surface area contributed by atoms with Crippen LogP contribution in [0.25, 0.3) is 0 Å². The summed E-state index contributed by atoms with van der Waals surface area (Å²) in [4.78, 5) is 36.3. The van der Waals surface area contributed by atoms with E-state index in [1.54, 1.807) is 13.0 Å². The third-order valence-electron chi connectivity index (χ3n) is 4.70. The average Bonchev–Trinajstić information content (AvgIpc) is 2.92. The van der Waals surface area contributed by atoms with Gasteiger partial charge in [-0.05, 0) is 30.9 Å². The Balaban J connectivity index is 2.35. The highest BCUT2D eigenvalue weighted by molar-refractivity contribution is 5.99. The molecule has 0 aliphatic carbocycles. The minimum Gasteiger partial charge on any atom is -0.481 e. The summed E-state index contributed by atoms with van der Waals surface area (Å²) >= 11 is 0. The number of carbonyl (C=O) groups is 2. The molecule has 7 nitrogen and oxygen atoms in total. The van der Waals surface area contributed by atoms with Crippen molar-refractivity contribution in [2.24, 2.45) is 11.3 Å². The summed E-state index contributed by atoms with van der Waals surface area (Å²) in [6.07, 6.45) is 0.353. The van der Waals surface area contributed by atoms with E-state index in [0.29, 0.717) is 6.42 Å². The lowest BCUT2D eigenvalue weighted by Gasteiger charge is -2.28. The zero-order valence-electron chi connectivity index (χ0n) is 13.4. The average molecular weight is 320 g/mol. The Hall–Kier alpha value is -2.44. The summed E-state index contributed by atoms with van der Waals surface area (Å²) in [5.41, 5.74) is -0.488. The minimum absolute atomic E-state index is 0.0138. The molecule has 1 N–H and O–H groups in total. The summed E-state index contributed by atoms with van der Waals surface area (Å²) in [7, 11) is 0. The molecule has 124 valence electrons. The van der Waals surface area contributed by atoms with Crippen molar-refractivity contribution in [2.45, 2.75) is 27.2 Å². The first-order chi connectivity index (χ1) is 10.7. The van der Waals surface area contributed by atoms with Gasteiger partial charge < -0.3 is 10.0 Å². The van der Waals surface area contributed by atoms with Gasteiger partial charge in [0.1, 0.15) is 5.56 Å². The lowest BCUT2D eigenvalue weighted by atomic mass is 9.76. The number of carbonyl (C=O) groups excluding carboxylic acids is 1. The molecule has 0 radical (unpaired) electrons. The van der Waals surface area contributed by atoms with Crippen molar-refractivity contribution in [2.75, 3.05) is 13.1 Å². The zero-order valence-corrected chi connectivity index (χ0v) is 13.4. The molecular weight excluding hydrogens is 300 g/mol. The molecule has 1 heterocycles. The highest BCUT2D eigenvalue weighted by Gasteiger charge is 2.49. The van der Waals surface area contributed by atoms with E-state index in [4.69, 9.17) is 0 Å². The number of nitrogens with zero attached hydrogens (tertiary/aromatic N) is 2. The first-order valence-electron chi connectivity index (χ1n) is 7.47. The second-order valence-electron chi connectivity index (χ2n) is 6.37. The van der Waals surface area contributed by atoms with Crippen LogP contribution in [-0.4, -0.2) is 39.9 Å². The summed E-state index contributed by atoms with van der Waals surface area (Å²) in [6.45, 7) is 5.74. The van der Waals surface area contributed by atoms with E-state index in [-0.39, 0.29) is 30.3 Å².